The van der Waals surface area contributed by atoms with Crippen LogP contribution in [0.15, 0.2) is 0 Å². The summed E-state index contributed by atoms with van der Waals surface area (Å²) in [6.45, 7) is 3.53. The molecule has 2 amide bonds. The zero-order valence-electron chi connectivity index (χ0n) is 14.0. The number of amides is 2. The maximum absolute atomic E-state index is 12.7. The number of ketones is 1. The molecule has 0 spiro atoms. The van der Waals surface area contributed by atoms with Gasteiger partial charge in [0, 0.05) is 0 Å². The number of carbonyl (C=O) groups excluding carboxylic acids is 3. The number of carboxylic acid groups (broad SMARTS) is 1. The molecule has 136 valence electrons. The zero-order chi connectivity index (χ0) is 18.4. The van der Waals surface area contributed by atoms with Gasteiger partial charge in [0.1, 0.15) is 0 Å². The fourth-order valence-corrected chi connectivity index (χ4v) is 2.59. The first-order chi connectivity index (χ1) is 11.3. The quantitative estimate of drug-likeness (QED) is 0.386. The molecule has 0 aromatic heterocycles. The molecule has 1 saturated heterocycles. The Labute approximate surface area is 140 Å². The minimum atomic E-state index is -1.95. The van der Waals surface area contributed by atoms with Crippen LogP contribution in [-0.4, -0.2) is 64.8 Å². The molecular weight excluding hydrogens is 316 g/mol. The van der Waals surface area contributed by atoms with Gasteiger partial charge in [-0.15, -0.1) is 0 Å². The zero-order valence-corrected chi connectivity index (χ0v) is 14.0. The molecule has 4 atom stereocenters. The highest BCUT2D eigenvalue weighted by Gasteiger charge is 2.44. The Morgan fingerprint density at radius 1 is 1.33 bits per heavy atom. The van der Waals surface area contributed by atoms with Crippen LogP contribution in [0.3, 0.4) is 0 Å². The maximum atomic E-state index is 12.7. The molecule has 0 saturated carbocycles. The first-order valence-corrected chi connectivity index (χ1v) is 8.07. The number of nitrogens with zero attached hydrogens (tertiary/aromatic N) is 1. The Morgan fingerprint density at radius 2 is 1.96 bits per heavy atom. The monoisotopic (exact) mass is 342 g/mol. The van der Waals surface area contributed by atoms with Gasteiger partial charge in [0.2, 0.25) is 11.8 Å². The van der Waals surface area contributed by atoms with Crippen molar-refractivity contribution in [3.63, 3.8) is 0 Å². The number of Topliss-reactive ketones (excluding diaryl/α,β-unsaturated/α-hetero) is 1. The third kappa shape index (κ3) is 4.37. The number of aliphatic carboxylic acids is 1. The lowest BCUT2D eigenvalue weighted by Crippen LogP contribution is -2.62. The van der Waals surface area contributed by atoms with Crippen molar-refractivity contribution in [3.05, 3.63) is 0 Å². The molecule has 9 heteroatoms. The largest absolute Gasteiger partial charge is 0.479 e. The van der Waals surface area contributed by atoms with Crippen LogP contribution in [0.2, 0.25) is 0 Å². The molecule has 0 bridgehead atoms. The highest BCUT2D eigenvalue weighted by atomic mass is 16.4. The number of rotatable bonds is 8. The molecule has 6 N–H and O–H groups in total. The van der Waals surface area contributed by atoms with Crippen molar-refractivity contribution in [3.8, 4) is 0 Å². The van der Waals surface area contributed by atoms with Gasteiger partial charge in [-0.3, -0.25) is 19.3 Å². The Bertz CT molecular complexity index is 504. The van der Waals surface area contributed by atoms with Crippen LogP contribution in [0.25, 0.3) is 0 Å². The summed E-state index contributed by atoms with van der Waals surface area (Å²) in [6, 6.07) is -3.73. The number of nitrogens with two attached hydrogens (primary N) is 2. The summed E-state index contributed by atoms with van der Waals surface area (Å²) in [5.74, 6) is -4.39. The highest BCUT2D eigenvalue weighted by Crippen LogP contribution is 2.16. The average molecular weight is 342 g/mol. The lowest BCUT2D eigenvalue weighted by molar-refractivity contribution is -0.163. The number of carboxylic acids is 1. The van der Waals surface area contributed by atoms with Crippen molar-refractivity contribution in [2.24, 2.45) is 17.4 Å². The van der Waals surface area contributed by atoms with Gasteiger partial charge in [0.15, 0.2) is 11.8 Å². The molecule has 0 aromatic carbocycles. The molecule has 1 rings (SSSR count). The van der Waals surface area contributed by atoms with E-state index in [0.717, 1.165) is 6.42 Å². The lowest BCUT2D eigenvalue weighted by Gasteiger charge is -2.31. The number of hydrogen-bond acceptors (Lipinski definition) is 7. The normalized spacial score (nSPS) is 20.9. The molecule has 24 heavy (non-hydrogen) atoms. The van der Waals surface area contributed by atoms with E-state index in [1.54, 1.807) is 6.92 Å². The van der Waals surface area contributed by atoms with Gasteiger partial charge in [-0.05, 0) is 25.3 Å². The van der Waals surface area contributed by atoms with Crippen molar-refractivity contribution in [1.82, 2.24) is 10.2 Å². The van der Waals surface area contributed by atoms with E-state index in [-0.39, 0.29) is 5.92 Å². The summed E-state index contributed by atoms with van der Waals surface area (Å²) in [4.78, 5) is 49.4. The Hall–Kier alpha value is -1.84. The van der Waals surface area contributed by atoms with Gasteiger partial charge in [-0.2, -0.15) is 0 Å². The van der Waals surface area contributed by atoms with Gasteiger partial charge in [0.25, 0.3) is 0 Å². The summed E-state index contributed by atoms with van der Waals surface area (Å²) in [7, 11) is 0. The van der Waals surface area contributed by atoms with Crippen LogP contribution in [0, 0.1) is 5.92 Å². The Kier molecular flexibility index (Phi) is 7.46. The van der Waals surface area contributed by atoms with Crippen LogP contribution < -0.4 is 16.8 Å². The van der Waals surface area contributed by atoms with Crippen molar-refractivity contribution in [2.45, 2.75) is 51.2 Å². The van der Waals surface area contributed by atoms with Crippen LogP contribution in [-0.2, 0) is 19.2 Å². The summed E-state index contributed by atoms with van der Waals surface area (Å²) in [6.07, 6.45) is 1.75. The number of hydrogen-bond donors (Lipinski definition) is 4. The minimum Gasteiger partial charge on any atom is -0.479 e. The first kappa shape index (κ1) is 20.2. The minimum absolute atomic E-state index is 0.272. The van der Waals surface area contributed by atoms with Gasteiger partial charge < -0.3 is 21.9 Å². The van der Waals surface area contributed by atoms with Crippen molar-refractivity contribution in [1.29, 1.82) is 0 Å². The second-order valence-corrected chi connectivity index (χ2v) is 6.02. The van der Waals surface area contributed by atoms with Crippen LogP contribution in [0.1, 0.15) is 33.1 Å². The van der Waals surface area contributed by atoms with E-state index >= 15 is 0 Å². The molecular formula is C15H26N4O5. The van der Waals surface area contributed by atoms with Crippen LogP contribution in [0.4, 0.5) is 0 Å². The van der Waals surface area contributed by atoms with Gasteiger partial charge in [-0.25, -0.2) is 4.79 Å². The number of nitrogens with one attached hydrogen (secondary N) is 1. The average Bonchev–Trinajstić information content (AvgIpc) is 3.10. The van der Waals surface area contributed by atoms with Crippen LogP contribution in [0.5, 0.6) is 0 Å². The summed E-state index contributed by atoms with van der Waals surface area (Å²) in [5, 5.41) is 12.3. The maximum Gasteiger partial charge on any atom is 0.334 e. The molecule has 9 nitrogen and oxygen atoms in total. The molecule has 4 unspecified atom stereocenters. The number of carbonyl (C=O) groups is 4. The molecule has 1 fully saturated rings. The van der Waals surface area contributed by atoms with Crippen molar-refractivity contribution >= 4 is 23.6 Å². The topological polar surface area (TPSA) is 156 Å². The highest BCUT2D eigenvalue weighted by molar-refractivity contribution is 6.12. The standard InChI is InChI=1S/C15H26N4O5/c1-3-8(2)11(17)14(22)19(12(15(23)24)10(20)7-16)13(21)9-5-4-6-18-9/h8-9,11-12,18H,3-7,16-17H2,1-2H3,(H,23,24). The Morgan fingerprint density at radius 3 is 2.38 bits per heavy atom. The third-order valence-corrected chi connectivity index (χ3v) is 4.37. The summed E-state index contributed by atoms with van der Waals surface area (Å²) >= 11 is 0. The lowest BCUT2D eigenvalue weighted by atomic mass is 9.97. The smallest absolute Gasteiger partial charge is 0.334 e. The number of imide groups is 1. The fourth-order valence-electron chi connectivity index (χ4n) is 2.59. The molecule has 1 heterocycles. The van der Waals surface area contributed by atoms with E-state index in [4.69, 9.17) is 11.5 Å². The Balaban J connectivity index is 3.23. The predicted molar refractivity (Wildman–Crippen MR) is 85.8 cm³/mol. The summed E-state index contributed by atoms with van der Waals surface area (Å²) < 4.78 is 0. The van der Waals surface area contributed by atoms with Gasteiger partial charge >= 0.3 is 5.97 Å². The molecule has 0 radical (unpaired) electrons. The third-order valence-electron chi connectivity index (χ3n) is 4.37. The van der Waals surface area contributed by atoms with Gasteiger partial charge in [0.05, 0.1) is 18.6 Å². The predicted octanol–water partition coefficient (Wildman–Crippen LogP) is -1.55. The van der Waals surface area contributed by atoms with E-state index in [1.165, 1.54) is 0 Å². The molecule has 0 aliphatic carbocycles. The van der Waals surface area contributed by atoms with E-state index in [2.05, 4.69) is 5.32 Å². The SMILES string of the molecule is CCC(C)C(N)C(=O)N(C(=O)C1CCCN1)C(C(=O)O)C(=O)CN. The summed E-state index contributed by atoms with van der Waals surface area (Å²) in [5.41, 5.74) is 11.1. The van der Waals surface area contributed by atoms with Crippen molar-refractivity contribution < 1.29 is 24.3 Å². The second kappa shape index (κ2) is 8.86. The van der Waals surface area contributed by atoms with Gasteiger partial charge in [-0.1, -0.05) is 20.3 Å². The van der Waals surface area contributed by atoms with Crippen molar-refractivity contribution in [2.75, 3.05) is 13.1 Å². The van der Waals surface area contributed by atoms with E-state index < -0.39 is 48.2 Å². The molecule has 0 aromatic rings. The second-order valence-electron chi connectivity index (χ2n) is 6.02. The van der Waals surface area contributed by atoms with E-state index in [1.807, 2.05) is 6.92 Å². The molecule has 1 aliphatic heterocycles. The van der Waals surface area contributed by atoms with E-state index in [0.29, 0.717) is 24.3 Å². The first-order valence-electron chi connectivity index (χ1n) is 8.07. The fraction of sp³-hybridized carbons (Fsp3) is 0.733. The van der Waals surface area contributed by atoms with E-state index in [9.17, 15) is 24.3 Å². The van der Waals surface area contributed by atoms with Crippen LogP contribution >= 0.6 is 0 Å². The molecule has 1 aliphatic rings.